The molecule has 0 N–H and O–H groups in total. The highest BCUT2D eigenvalue weighted by Crippen LogP contribution is 2.20. The number of hydrogen-bond donors (Lipinski definition) is 0. The Kier molecular flexibility index (Phi) is 6.56. The summed E-state index contributed by atoms with van der Waals surface area (Å²) in [4.78, 5) is 4.64. The highest BCUT2D eigenvalue weighted by atomic mass is 35.5. The highest BCUT2D eigenvalue weighted by molar-refractivity contribution is 5.85. The van der Waals surface area contributed by atoms with Gasteiger partial charge in [0.1, 0.15) is 0 Å². The second-order valence-corrected chi connectivity index (χ2v) is 5.04. The maximum atomic E-state index is 2.41. The molecule has 0 heterocycles. The first-order valence-corrected chi connectivity index (χ1v) is 6.70. The van der Waals surface area contributed by atoms with Gasteiger partial charge in [-0.15, -0.1) is 12.4 Å². The van der Waals surface area contributed by atoms with Gasteiger partial charge >= 0.3 is 0 Å². The van der Waals surface area contributed by atoms with Crippen molar-refractivity contribution in [3.8, 4) is 0 Å². The van der Waals surface area contributed by atoms with Crippen LogP contribution in [0.15, 0.2) is 60.7 Å². The quantitative estimate of drug-likeness (QED) is 0.767. The zero-order chi connectivity index (χ0) is 13.7. The molecule has 108 valence electrons. The second kappa shape index (κ2) is 7.93. The number of rotatable bonds is 5. The predicted molar refractivity (Wildman–Crippen MR) is 89.5 cm³/mol. The van der Waals surface area contributed by atoms with Crippen molar-refractivity contribution in [2.45, 2.75) is 19.6 Å². The molecule has 1 atom stereocenters. The topological polar surface area (TPSA) is 6.48 Å². The summed E-state index contributed by atoms with van der Waals surface area (Å²) in [5, 5.41) is 0. The smallest absolute Gasteiger partial charge is 0.0791 e. The SMILES string of the molecule is CC(N(C)C)N(Cc1ccccc1)c1ccccc1.Cl. The summed E-state index contributed by atoms with van der Waals surface area (Å²) in [6.45, 7) is 3.15. The van der Waals surface area contributed by atoms with E-state index < -0.39 is 0 Å². The molecule has 2 rings (SSSR count). The Morgan fingerprint density at radius 3 is 1.85 bits per heavy atom. The molecule has 0 saturated carbocycles. The van der Waals surface area contributed by atoms with Gasteiger partial charge in [-0.3, -0.25) is 4.90 Å². The average Bonchev–Trinajstić information content (AvgIpc) is 2.46. The van der Waals surface area contributed by atoms with E-state index in [0.29, 0.717) is 6.17 Å². The fourth-order valence-corrected chi connectivity index (χ4v) is 2.12. The summed E-state index contributed by atoms with van der Waals surface area (Å²) in [6, 6.07) is 21.2. The van der Waals surface area contributed by atoms with Gasteiger partial charge in [-0.25, -0.2) is 0 Å². The van der Waals surface area contributed by atoms with Crippen LogP contribution >= 0.6 is 12.4 Å². The largest absolute Gasteiger partial charge is 0.352 e. The molecular weight excluding hydrogens is 268 g/mol. The molecule has 0 radical (unpaired) electrons. The van der Waals surface area contributed by atoms with Crippen LogP contribution in [0, 0.1) is 0 Å². The molecule has 1 unspecified atom stereocenters. The number of nitrogens with zero attached hydrogens (tertiary/aromatic N) is 2. The number of para-hydroxylation sites is 1. The van der Waals surface area contributed by atoms with Gasteiger partial charge in [0, 0.05) is 12.2 Å². The molecule has 0 saturated heterocycles. The van der Waals surface area contributed by atoms with Crippen molar-refractivity contribution < 1.29 is 0 Å². The van der Waals surface area contributed by atoms with E-state index in [0.717, 1.165) is 6.54 Å². The molecule has 20 heavy (non-hydrogen) atoms. The molecule has 3 heteroatoms. The first kappa shape index (κ1) is 16.5. The maximum Gasteiger partial charge on any atom is 0.0791 e. The Morgan fingerprint density at radius 1 is 0.850 bits per heavy atom. The van der Waals surface area contributed by atoms with Crippen LogP contribution in [0.3, 0.4) is 0 Å². The molecule has 0 aliphatic heterocycles. The molecular formula is C17H23ClN2. The number of benzene rings is 2. The van der Waals surface area contributed by atoms with E-state index in [-0.39, 0.29) is 12.4 Å². The Balaban J connectivity index is 0.00000200. The number of anilines is 1. The zero-order valence-corrected chi connectivity index (χ0v) is 13.2. The van der Waals surface area contributed by atoms with Crippen molar-refractivity contribution in [2.24, 2.45) is 0 Å². The van der Waals surface area contributed by atoms with Crippen molar-refractivity contribution in [2.75, 3.05) is 19.0 Å². The van der Waals surface area contributed by atoms with E-state index in [1.54, 1.807) is 0 Å². The van der Waals surface area contributed by atoms with E-state index >= 15 is 0 Å². The van der Waals surface area contributed by atoms with Crippen LogP contribution in [0.2, 0.25) is 0 Å². The monoisotopic (exact) mass is 290 g/mol. The molecule has 0 aromatic heterocycles. The summed E-state index contributed by atoms with van der Waals surface area (Å²) in [7, 11) is 4.23. The first-order chi connectivity index (χ1) is 9.18. The van der Waals surface area contributed by atoms with Crippen LogP contribution in [-0.4, -0.2) is 25.2 Å². The molecule has 2 aromatic carbocycles. The second-order valence-electron chi connectivity index (χ2n) is 5.04. The van der Waals surface area contributed by atoms with Crippen LogP contribution in [0.1, 0.15) is 12.5 Å². The van der Waals surface area contributed by atoms with Crippen molar-refractivity contribution in [1.82, 2.24) is 4.90 Å². The van der Waals surface area contributed by atoms with Crippen LogP contribution in [0.5, 0.6) is 0 Å². The predicted octanol–water partition coefficient (Wildman–Crippen LogP) is 4.02. The summed E-state index contributed by atoms with van der Waals surface area (Å²) in [6.07, 6.45) is 0.350. The molecule has 0 bridgehead atoms. The molecule has 2 aromatic rings. The minimum absolute atomic E-state index is 0. The minimum Gasteiger partial charge on any atom is -0.352 e. The lowest BCUT2D eigenvalue weighted by Crippen LogP contribution is -2.42. The van der Waals surface area contributed by atoms with Crippen LogP contribution in [-0.2, 0) is 6.54 Å². The van der Waals surface area contributed by atoms with Gasteiger partial charge < -0.3 is 4.90 Å². The third-order valence-corrected chi connectivity index (χ3v) is 3.48. The van der Waals surface area contributed by atoms with E-state index in [4.69, 9.17) is 0 Å². The van der Waals surface area contributed by atoms with Gasteiger partial charge in [-0.05, 0) is 38.7 Å². The van der Waals surface area contributed by atoms with E-state index in [1.807, 2.05) is 0 Å². The van der Waals surface area contributed by atoms with E-state index in [1.165, 1.54) is 11.3 Å². The lowest BCUT2D eigenvalue weighted by molar-refractivity contribution is 0.300. The molecule has 0 fully saturated rings. The minimum atomic E-state index is 0. The normalized spacial score (nSPS) is 11.8. The molecule has 0 aliphatic rings. The van der Waals surface area contributed by atoms with Crippen molar-refractivity contribution in [1.29, 1.82) is 0 Å². The van der Waals surface area contributed by atoms with Gasteiger partial charge in [-0.2, -0.15) is 0 Å². The molecule has 0 aliphatic carbocycles. The van der Waals surface area contributed by atoms with Crippen molar-refractivity contribution in [3.05, 3.63) is 66.2 Å². The van der Waals surface area contributed by atoms with E-state index in [2.05, 4.69) is 91.5 Å². The zero-order valence-electron chi connectivity index (χ0n) is 12.4. The molecule has 2 nitrogen and oxygen atoms in total. The van der Waals surface area contributed by atoms with E-state index in [9.17, 15) is 0 Å². The van der Waals surface area contributed by atoms with Crippen molar-refractivity contribution >= 4 is 18.1 Å². The Morgan fingerprint density at radius 2 is 1.35 bits per heavy atom. The van der Waals surface area contributed by atoms with Gasteiger partial charge in [-0.1, -0.05) is 48.5 Å². The molecule has 0 amide bonds. The Hall–Kier alpha value is -1.51. The van der Waals surface area contributed by atoms with Gasteiger partial charge in [0.15, 0.2) is 0 Å². The third-order valence-electron chi connectivity index (χ3n) is 3.48. The Bertz CT molecular complexity index is 485. The fraction of sp³-hybridized carbons (Fsp3) is 0.294. The standard InChI is InChI=1S/C17H22N2.ClH/c1-15(18(2)3)19(17-12-8-5-9-13-17)14-16-10-6-4-7-11-16;/h4-13,15H,14H2,1-3H3;1H. The number of hydrogen-bond acceptors (Lipinski definition) is 2. The van der Waals surface area contributed by atoms with Crippen LogP contribution < -0.4 is 4.90 Å². The third kappa shape index (κ3) is 4.26. The average molecular weight is 291 g/mol. The fourth-order valence-electron chi connectivity index (χ4n) is 2.12. The van der Waals surface area contributed by atoms with Crippen molar-refractivity contribution in [3.63, 3.8) is 0 Å². The first-order valence-electron chi connectivity index (χ1n) is 6.70. The molecule has 0 spiro atoms. The lowest BCUT2D eigenvalue weighted by atomic mass is 10.2. The van der Waals surface area contributed by atoms with Gasteiger partial charge in [0.25, 0.3) is 0 Å². The summed E-state index contributed by atoms with van der Waals surface area (Å²) < 4.78 is 0. The maximum absolute atomic E-state index is 2.41. The van der Waals surface area contributed by atoms with Crippen LogP contribution in [0.25, 0.3) is 0 Å². The highest BCUT2D eigenvalue weighted by Gasteiger charge is 2.16. The van der Waals surface area contributed by atoms with Crippen LogP contribution in [0.4, 0.5) is 5.69 Å². The Labute approximate surface area is 128 Å². The lowest BCUT2D eigenvalue weighted by Gasteiger charge is -2.35. The summed E-state index contributed by atoms with van der Waals surface area (Å²) in [5.41, 5.74) is 2.59. The number of halogens is 1. The van der Waals surface area contributed by atoms with Gasteiger partial charge in [0.2, 0.25) is 0 Å². The van der Waals surface area contributed by atoms with Gasteiger partial charge in [0.05, 0.1) is 6.17 Å². The summed E-state index contributed by atoms with van der Waals surface area (Å²) >= 11 is 0. The summed E-state index contributed by atoms with van der Waals surface area (Å²) in [5.74, 6) is 0.